The summed E-state index contributed by atoms with van der Waals surface area (Å²) >= 11 is 1.67. The summed E-state index contributed by atoms with van der Waals surface area (Å²) in [6.45, 7) is 15.3. The van der Waals surface area contributed by atoms with Crippen LogP contribution in [0.25, 0.3) is 0 Å². The predicted molar refractivity (Wildman–Crippen MR) is 95.7 cm³/mol. The van der Waals surface area contributed by atoms with Crippen molar-refractivity contribution in [3.8, 4) is 0 Å². The number of carbonyl (C=O) groups excluding carboxylic acids is 2. The third kappa shape index (κ3) is 7.95. The zero-order chi connectivity index (χ0) is 17.8. The predicted octanol–water partition coefficient (Wildman–Crippen LogP) is 3.28. The zero-order valence-corrected chi connectivity index (χ0v) is 16.4. The maximum Gasteiger partial charge on any atom is 0.407 e. The molecule has 23 heavy (non-hydrogen) atoms. The maximum absolute atomic E-state index is 12.3. The summed E-state index contributed by atoms with van der Waals surface area (Å²) in [7, 11) is 0. The number of nitrogens with one attached hydrogen (secondary N) is 1. The van der Waals surface area contributed by atoms with Gasteiger partial charge in [0.2, 0.25) is 5.91 Å². The van der Waals surface area contributed by atoms with E-state index in [1.54, 1.807) is 11.8 Å². The lowest BCUT2D eigenvalue weighted by Crippen LogP contribution is -2.52. The van der Waals surface area contributed by atoms with Crippen molar-refractivity contribution in [2.45, 2.75) is 71.3 Å². The molecule has 1 aliphatic heterocycles. The third-order valence-corrected chi connectivity index (χ3v) is 4.85. The molecule has 6 heteroatoms. The van der Waals surface area contributed by atoms with E-state index in [1.807, 2.05) is 25.7 Å². The van der Waals surface area contributed by atoms with E-state index in [-0.39, 0.29) is 28.7 Å². The molecule has 0 spiro atoms. The highest BCUT2D eigenvalue weighted by Gasteiger charge is 2.31. The summed E-state index contributed by atoms with van der Waals surface area (Å²) in [5, 5.41) is 2.94. The molecule has 0 bridgehead atoms. The van der Waals surface area contributed by atoms with E-state index >= 15 is 0 Å². The topological polar surface area (TPSA) is 58.6 Å². The van der Waals surface area contributed by atoms with Crippen LogP contribution in [0.3, 0.4) is 0 Å². The molecular formula is C17H32N2O3S. The fourth-order valence-corrected chi connectivity index (χ4v) is 3.15. The summed E-state index contributed by atoms with van der Waals surface area (Å²) < 4.78 is 5.40. The van der Waals surface area contributed by atoms with Crippen LogP contribution < -0.4 is 5.32 Å². The van der Waals surface area contributed by atoms with Gasteiger partial charge in [-0.15, -0.1) is 11.8 Å². The molecule has 1 fully saturated rings. The summed E-state index contributed by atoms with van der Waals surface area (Å²) in [5.41, 5.74) is -0.492. The van der Waals surface area contributed by atoms with Gasteiger partial charge in [-0.05, 0) is 33.1 Å². The largest absolute Gasteiger partial charge is 0.444 e. The van der Waals surface area contributed by atoms with Gasteiger partial charge in [-0.2, -0.15) is 0 Å². The quantitative estimate of drug-likeness (QED) is 0.853. The van der Waals surface area contributed by atoms with E-state index in [0.717, 1.165) is 6.42 Å². The second kappa shape index (κ2) is 7.77. The maximum atomic E-state index is 12.3. The van der Waals surface area contributed by atoms with Crippen molar-refractivity contribution in [3.63, 3.8) is 0 Å². The van der Waals surface area contributed by atoms with Gasteiger partial charge in [0.05, 0.1) is 5.75 Å². The Bertz CT molecular complexity index is 427. The molecule has 0 aliphatic carbocycles. The summed E-state index contributed by atoms with van der Waals surface area (Å²) in [6.07, 6.45) is 0.393. The Kier molecular flexibility index (Phi) is 6.81. The van der Waals surface area contributed by atoms with Gasteiger partial charge in [0.1, 0.15) is 5.60 Å². The number of likely N-dealkylation sites (tertiary alicyclic amines) is 1. The first-order chi connectivity index (χ1) is 10.4. The fourth-order valence-electron chi connectivity index (χ4n) is 2.42. The van der Waals surface area contributed by atoms with Crippen molar-refractivity contribution in [1.82, 2.24) is 10.2 Å². The Morgan fingerprint density at radius 3 is 2.30 bits per heavy atom. The number of rotatable bonds is 3. The molecule has 1 saturated heterocycles. The van der Waals surface area contributed by atoms with Crippen LogP contribution in [0.15, 0.2) is 0 Å². The molecular weight excluding hydrogens is 312 g/mol. The molecule has 1 heterocycles. The van der Waals surface area contributed by atoms with Gasteiger partial charge in [-0.3, -0.25) is 4.79 Å². The second-order valence-corrected chi connectivity index (χ2v) is 10.1. The Balaban J connectivity index is 2.44. The molecule has 0 aromatic heterocycles. The van der Waals surface area contributed by atoms with Gasteiger partial charge in [0.25, 0.3) is 0 Å². The number of ether oxygens (including phenoxy) is 1. The molecule has 5 nitrogen and oxygen atoms in total. The molecule has 1 aliphatic rings. The van der Waals surface area contributed by atoms with Crippen LogP contribution in [-0.4, -0.2) is 52.1 Å². The Labute approximate surface area is 144 Å². The SMILES string of the molecule is C[C@@H]1CN(C(=O)CSC(C)(C)C)CC[C@H]1NC(=O)OC(C)(C)C. The number of carbonyl (C=O) groups is 2. The van der Waals surface area contributed by atoms with E-state index in [1.165, 1.54) is 0 Å². The fraction of sp³-hybridized carbons (Fsp3) is 0.882. The highest BCUT2D eigenvalue weighted by Crippen LogP contribution is 2.25. The number of thioether (sulfide) groups is 1. The minimum Gasteiger partial charge on any atom is -0.444 e. The summed E-state index contributed by atoms with van der Waals surface area (Å²) in [4.78, 5) is 26.1. The smallest absolute Gasteiger partial charge is 0.407 e. The average molecular weight is 345 g/mol. The van der Waals surface area contributed by atoms with E-state index in [9.17, 15) is 9.59 Å². The van der Waals surface area contributed by atoms with E-state index in [4.69, 9.17) is 4.74 Å². The van der Waals surface area contributed by atoms with Gasteiger partial charge >= 0.3 is 6.09 Å². The van der Waals surface area contributed by atoms with Crippen molar-refractivity contribution in [3.05, 3.63) is 0 Å². The number of hydrogen-bond donors (Lipinski definition) is 1. The highest BCUT2D eigenvalue weighted by molar-refractivity contribution is 8.01. The molecule has 2 amide bonds. The molecule has 0 unspecified atom stereocenters. The van der Waals surface area contributed by atoms with Crippen molar-refractivity contribution in [2.24, 2.45) is 5.92 Å². The van der Waals surface area contributed by atoms with Crippen molar-refractivity contribution >= 4 is 23.8 Å². The number of amides is 2. The molecule has 0 aromatic rings. The van der Waals surface area contributed by atoms with Gasteiger partial charge in [0.15, 0.2) is 0 Å². The standard InChI is InChI=1S/C17H32N2O3S/c1-12-10-19(14(20)11-23-17(5,6)7)9-8-13(12)18-15(21)22-16(2,3)4/h12-13H,8-11H2,1-7H3,(H,18,21)/t12-,13-/m1/s1. The summed E-state index contributed by atoms with van der Waals surface area (Å²) in [6, 6.07) is 0.0594. The van der Waals surface area contributed by atoms with E-state index < -0.39 is 5.60 Å². The molecule has 2 atom stereocenters. The zero-order valence-electron chi connectivity index (χ0n) is 15.6. The molecule has 0 saturated carbocycles. The first-order valence-corrected chi connectivity index (χ1v) is 9.27. The van der Waals surface area contributed by atoms with Crippen LogP contribution in [0.2, 0.25) is 0 Å². The Morgan fingerprint density at radius 2 is 1.83 bits per heavy atom. The second-order valence-electron chi connectivity index (χ2n) is 8.26. The summed E-state index contributed by atoms with van der Waals surface area (Å²) in [5.74, 6) is 0.924. The minimum absolute atomic E-state index is 0.0594. The van der Waals surface area contributed by atoms with Crippen molar-refractivity contribution in [2.75, 3.05) is 18.8 Å². The van der Waals surface area contributed by atoms with Crippen molar-refractivity contribution in [1.29, 1.82) is 0 Å². The van der Waals surface area contributed by atoms with Gasteiger partial charge in [0, 0.05) is 23.9 Å². The lowest BCUT2D eigenvalue weighted by Gasteiger charge is -2.37. The lowest BCUT2D eigenvalue weighted by atomic mass is 9.94. The molecule has 0 radical (unpaired) electrons. The van der Waals surface area contributed by atoms with Crippen LogP contribution in [0.5, 0.6) is 0 Å². The first-order valence-electron chi connectivity index (χ1n) is 8.28. The number of hydrogen-bond acceptors (Lipinski definition) is 4. The molecule has 134 valence electrons. The van der Waals surface area contributed by atoms with Gasteiger partial charge in [-0.25, -0.2) is 4.79 Å². The number of piperidine rings is 1. The van der Waals surface area contributed by atoms with E-state index in [0.29, 0.717) is 18.8 Å². The van der Waals surface area contributed by atoms with Gasteiger partial charge < -0.3 is 15.0 Å². The van der Waals surface area contributed by atoms with E-state index in [2.05, 4.69) is 33.0 Å². The molecule has 1 rings (SSSR count). The van der Waals surface area contributed by atoms with Crippen LogP contribution in [-0.2, 0) is 9.53 Å². The van der Waals surface area contributed by atoms with Crippen LogP contribution >= 0.6 is 11.8 Å². The lowest BCUT2D eigenvalue weighted by molar-refractivity contribution is -0.130. The van der Waals surface area contributed by atoms with Crippen LogP contribution in [0, 0.1) is 5.92 Å². The van der Waals surface area contributed by atoms with Crippen molar-refractivity contribution < 1.29 is 14.3 Å². The first kappa shape index (κ1) is 20.1. The highest BCUT2D eigenvalue weighted by atomic mass is 32.2. The normalized spacial score (nSPS) is 22.7. The minimum atomic E-state index is -0.492. The Morgan fingerprint density at radius 1 is 1.22 bits per heavy atom. The Hall–Kier alpha value is -0.910. The average Bonchev–Trinajstić information content (AvgIpc) is 2.35. The number of nitrogens with zero attached hydrogens (tertiary/aromatic N) is 1. The molecule has 0 aromatic carbocycles. The number of alkyl carbamates (subject to hydrolysis) is 1. The van der Waals surface area contributed by atoms with Gasteiger partial charge in [-0.1, -0.05) is 27.7 Å². The molecule has 1 N–H and O–H groups in total. The monoisotopic (exact) mass is 344 g/mol. The van der Waals surface area contributed by atoms with Crippen LogP contribution in [0.4, 0.5) is 4.79 Å². The third-order valence-electron chi connectivity index (χ3n) is 3.59. The van der Waals surface area contributed by atoms with Crippen LogP contribution in [0.1, 0.15) is 54.9 Å².